The van der Waals surface area contributed by atoms with Crippen LogP contribution in [0.5, 0.6) is 0 Å². The zero-order chi connectivity index (χ0) is 27.7. The Morgan fingerprint density at radius 1 is 1.26 bits per heavy atom. The van der Waals surface area contributed by atoms with Crippen molar-refractivity contribution in [1.29, 1.82) is 0 Å². The highest BCUT2D eigenvalue weighted by Crippen LogP contribution is 2.41. The van der Waals surface area contributed by atoms with Gasteiger partial charge < -0.3 is 14.8 Å². The highest BCUT2D eigenvalue weighted by atomic mass is 35.5. The second-order valence-electron chi connectivity index (χ2n) is 11.1. The first kappa shape index (κ1) is 27.9. The number of anilines is 2. The minimum Gasteiger partial charge on any atom is -0.444 e. The molecule has 0 bridgehead atoms. The number of benzene rings is 1. The van der Waals surface area contributed by atoms with Gasteiger partial charge in [0.1, 0.15) is 5.60 Å². The van der Waals surface area contributed by atoms with Gasteiger partial charge in [0.25, 0.3) is 0 Å². The van der Waals surface area contributed by atoms with E-state index in [0.717, 1.165) is 11.4 Å². The molecule has 0 spiro atoms. The molecule has 2 aliphatic heterocycles. The quantitative estimate of drug-likeness (QED) is 0.515. The zero-order valence-corrected chi connectivity index (χ0v) is 23.6. The Morgan fingerprint density at radius 3 is 2.68 bits per heavy atom. The van der Waals surface area contributed by atoms with Crippen molar-refractivity contribution in [2.75, 3.05) is 11.9 Å². The Balaban J connectivity index is 1.71. The molecule has 38 heavy (non-hydrogen) atoms. The minimum absolute atomic E-state index is 0.00824. The molecule has 3 atom stereocenters. The molecule has 2 N–H and O–H groups in total. The zero-order valence-electron chi connectivity index (χ0n) is 22.8. The maximum atomic E-state index is 13.7. The standard InChI is InChI=1S/C28H36ClN5O4/c1-17-10-11-19(16-30-17)31-22-9-7-8-21(24(22)29)28(6)15-23(35)34(20-12-13-37-18(2)14-20)25(33-28)32-26(36)38-27(3,4)5/h7-11,16,18,20,31H,12-15H2,1-6H3,(H,32,33,36)/t18?,20?,28-/m0/s1. The number of pyridine rings is 1. The van der Waals surface area contributed by atoms with Crippen LogP contribution in [0.1, 0.15) is 65.1 Å². The van der Waals surface area contributed by atoms with Crippen LogP contribution in [0.25, 0.3) is 0 Å². The first-order valence-electron chi connectivity index (χ1n) is 12.9. The van der Waals surface area contributed by atoms with E-state index >= 15 is 0 Å². The summed E-state index contributed by atoms with van der Waals surface area (Å²) in [5.41, 5.74) is 1.30. The average molecular weight is 542 g/mol. The van der Waals surface area contributed by atoms with Crippen LogP contribution >= 0.6 is 11.6 Å². The molecule has 2 unspecified atom stereocenters. The Labute approximate surface area is 229 Å². The maximum Gasteiger partial charge on any atom is 0.414 e. The number of aliphatic imine (C=N–C) groups is 1. The number of hydrogen-bond acceptors (Lipinski definition) is 7. The third kappa shape index (κ3) is 6.45. The number of alkyl carbamates (subject to hydrolysis) is 1. The lowest BCUT2D eigenvalue weighted by molar-refractivity contribution is -0.133. The van der Waals surface area contributed by atoms with Gasteiger partial charge in [-0.1, -0.05) is 23.7 Å². The average Bonchev–Trinajstić information content (AvgIpc) is 2.80. The Hall–Kier alpha value is -3.17. The summed E-state index contributed by atoms with van der Waals surface area (Å²) >= 11 is 6.90. The molecule has 0 saturated carbocycles. The van der Waals surface area contributed by atoms with E-state index in [4.69, 9.17) is 26.1 Å². The molecule has 1 fully saturated rings. The topological polar surface area (TPSA) is 105 Å². The van der Waals surface area contributed by atoms with Crippen molar-refractivity contribution in [2.45, 2.75) is 84.1 Å². The van der Waals surface area contributed by atoms with Crippen LogP contribution < -0.4 is 10.6 Å². The van der Waals surface area contributed by atoms with Gasteiger partial charge in [-0.15, -0.1) is 0 Å². The van der Waals surface area contributed by atoms with Gasteiger partial charge in [-0.3, -0.25) is 20.0 Å². The van der Waals surface area contributed by atoms with E-state index < -0.39 is 17.2 Å². The number of hydrogen-bond donors (Lipinski definition) is 2. The summed E-state index contributed by atoms with van der Waals surface area (Å²) in [6.45, 7) is 11.6. The first-order valence-corrected chi connectivity index (χ1v) is 13.2. The highest BCUT2D eigenvalue weighted by Gasteiger charge is 2.44. The van der Waals surface area contributed by atoms with E-state index in [2.05, 4.69) is 15.6 Å². The molecule has 2 aliphatic rings. The summed E-state index contributed by atoms with van der Waals surface area (Å²) in [5, 5.41) is 6.50. The number of nitrogens with zero attached hydrogens (tertiary/aromatic N) is 3. The van der Waals surface area contributed by atoms with Gasteiger partial charge >= 0.3 is 6.09 Å². The van der Waals surface area contributed by atoms with E-state index in [1.165, 1.54) is 0 Å². The van der Waals surface area contributed by atoms with Crippen molar-refractivity contribution in [3.05, 3.63) is 52.8 Å². The number of carbonyl (C=O) groups is 2. The summed E-state index contributed by atoms with van der Waals surface area (Å²) in [6, 6.07) is 9.26. The molecule has 2 aromatic rings. The van der Waals surface area contributed by atoms with Gasteiger partial charge in [-0.25, -0.2) is 9.79 Å². The van der Waals surface area contributed by atoms with Crippen LogP contribution in [0.15, 0.2) is 41.5 Å². The lowest BCUT2D eigenvalue weighted by Gasteiger charge is -2.42. The number of rotatable bonds is 4. The molecule has 204 valence electrons. The molecule has 1 saturated heterocycles. The largest absolute Gasteiger partial charge is 0.444 e. The fourth-order valence-corrected chi connectivity index (χ4v) is 5.17. The minimum atomic E-state index is -1.02. The first-order chi connectivity index (χ1) is 17.8. The van der Waals surface area contributed by atoms with Gasteiger partial charge in [0.2, 0.25) is 11.9 Å². The normalized spacial score (nSPS) is 24.0. The monoisotopic (exact) mass is 541 g/mol. The summed E-state index contributed by atoms with van der Waals surface area (Å²) in [4.78, 5) is 37.4. The second-order valence-corrected chi connectivity index (χ2v) is 11.5. The number of ether oxygens (including phenoxy) is 2. The predicted octanol–water partition coefficient (Wildman–Crippen LogP) is 5.68. The third-order valence-corrected chi connectivity index (χ3v) is 6.96. The SMILES string of the molecule is Cc1ccc(Nc2cccc([C@]3(C)CC(=O)N(C4CCOC(C)C4)C(NC(=O)OC(C)(C)C)=N3)c2Cl)cn1. The molecular weight excluding hydrogens is 506 g/mol. The fourth-order valence-electron chi connectivity index (χ4n) is 4.79. The van der Waals surface area contributed by atoms with Gasteiger partial charge in [-0.2, -0.15) is 0 Å². The molecular formula is C28H36ClN5O4. The summed E-state index contributed by atoms with van der Waals surface area (Å²) < 4.78 is 11.2. The van der Waals surface area contributed by atoms with Crippen molar-refractivity contribution in [2.24, 2.45) is 4.99 Å². The summed E-state index contributed by atoms with van der Waals surface area (Å²) in [6.07, 6.45) is 2.43. The number of aryl methyl sites for hydroxylation is 1. The third-order valence-electron chi connectivity index (χ3n) is 6.55. The van der Waals surface area contributed by atoms with E-state index in [0.29, 0.717) is 35.7 Å². The maximum absolute atomic E-state index is 13.7. The summed E-state index contributed by atoms with van der Waals surface area (Å²) in [5.74, 6) is 0.0130. The lowest BCUT2D eigenvalue weighted by Crippen LogP contribution is -2.58. The van der Waals surface area contributed by atoms with Crippen LogP contribution in [0.4, 0.5) is 16.2 Å². The highest BCUT2D eigenvalue weighted by molar-refractivity contribution is 6.34. The molecule has 4 rings (SSSR count). The molecule has 1 aromatic carbocycles. The molecule has 2 amide bonds. The fraction of sp³-hybridized carbons (Fsp3) is 0.500. The smallest absolute Gasteiger partial charge is 0.414 e. The second kappa shape index (κ2) is 10.9. The predicted molar refractivity (Wildman–Crippen MR) is 148 cm³/mol. The number of carbonyl (C=O) groups excluding carboxylic acids is 2. The van der Waals surface area contributed by atoms with Crippen molar-refractivity contribution >= 4 is 40.9 Å². The van der Waals surface area contributed by atoms with E-state index in [1.807, 2.05) is 51.1 Å². The van der Waals surface area contributed by atoms with Gasteiger partial charge in [0.05, 0.1) is 40.7 Å². The molecule has 10 heteroatoms. The van der Waals surface area contributed by atoms with Crippen molar-refractivity contribution in [3.63, 3.8) is 0 Å². The van der Waals surface area contributed by atoms with Gasteiger partial charge in [-0.05, 0) is 72.6 Å². The number of guanidine groups is 1. The number of amides is 2. The molecule has 1 aromatic heterocycles. The van der Waals surface area contributed by atoms with E-state index in [1.54, 1.807) is 31.9 Å². The Kier molecular flexibility index (Phi) is 7.99. The van der Waals surface area contributed by atoms with E-state index in [-0.39, 0.29) is 30.4 Å². The molecule has 0 radical (unpaired) electrons. The number of aromatic nitrogens is 1. The Bertz CT molecular complexity index is 1230. The molecule has 3 heterocycles. The van der Waals surface area contributed by atoms with Crippen LogP contribution in [-0.4, -0.2) is 52.2 Å². The van der Waals surface area contributed by atoms with Crippen LogP contribution in [-0.2, 0) is 19.8 Å². The summed E-state index contributed by atoms with van der Waals surface area (Å²) in [7, 11) is 0. The van der Waals surface area contributed by atoms with Crippen LogP contribution in [0.3, 0.4) is 0 Å². The van der Waals surface area contributed by atoms with Crippen molar-refractivity contribution in [3.8, 4) is 0 Å². The lowest BCUT2D eigenvalue weighted by atomic mass is 9.86. The van der Waals surface area contributed by atoms with Crippen molar-refractivity contribution < 1.29 is 19.1 Å². The molecule has 0 aliphatic carbocycles. The van der Waals surface area contributed by atoms with E-state index in [9.17, 15) is 9.59 Å². The number of halogens is 1. The molecule has 9 nitrogen and oxygen atoms in total. The Morgan fingerprint density at radius 2 is 2.03 bits per heavy atom. The van der Waals surface area contributed by atoms with Gasteiger partial charge in [0.15, 0.2) is 0 Å². The van der Waals surface area contributed by atoms with Crippen LogP contribution in [0, 0.1) is 6.92 Å². The van der Waals surface area contributed by atoms with Crippen LogP contribution in [0.2, 0.25) is 5.02 Å². The van der Waals surface area contributed by atoms with Gasteiger partial charge in [0, 0.05) is 23.9 Å². The van der Waals surface area contributed by atoms with Crippen molar-refractivity contribution in [1.82, 2.24) is 15.2 Å². The number of nitrogens with one attached hydrogen (secondary N) is 2.